The molecule has 0 bridgehead atoms. The van der Waals surface area contributed by atoms with Gasteiger partial charge in [0, 0.05) is 23.4 Å². The van der Waals surface area contributed by atoms with Gasteiger partial charge in [-0.25, -0.2) is 0 Å². The van der Waals surface area contributed by atoms with Gasteiger partial charge in [-0.15, -0.1) is 0 Å². The third-order valence-corrected chi connectivity index (χ3v) is 3.72. The van der Waals surface area contributed by atoms with E-state index in [1.54, 1.807) is 12.1 Å². The lowest BCUT2D eigenvalue weighted by Gasteiger charge is -2.10. The number of nitrogens with two attached hydrogens (primary N) is 1. The quantitative estimate of drug-likeness (QED) is 0.593. The van der Waals surface area contributed by atoms with Crippen LogP contribution in [0, 0.1) is 0 Å². The fourth-order valence-corrected chi connectivity index (χ4v) is 2.42. The van der Waals surface area contributed by atoms with Crippen LogP contribution in [0.25, 0.3) is 11.1 Å². The number of nitrogen functional groups attached to an aromatic ring is 1. The molecule has 116 valence electrons. The Morgan fingerprint density at radius 1 is 1.05 bits per heavy atom. The second kappa shape index (κ2) is 8.23. The largest absolute Gasteiger partial charge is 0.398 e. The Hall–Kier alpha value is -2.29. The van der Waals surface area contributed by atoms with Crippen molar-refractivity contribution in [3.05, 3.63) is 54.1 Å². The summed E-state index contributed by atoms with van der Waals surface area (Å²) in [6.07, 6.45) is 4.61. The molecular formula is C19H24N2O. The standard InChI is InChI=1S/C19H24N2O/c1-2-3-4-8-13-21-19(22)16-11-12-18(20)17(14-16)15-9-6-5-7-10-15/h5-7,9-12,14H,2-4,8,13,20H2,1H3,(H,21,22). The SMILES string of the molecule is CCCCCCNC(=O)c1ccc(N)c(-c2ccccc2)c1. The van der Waals surface area contributed by atoms with Gasteiger partial charge in [0.25, 0.3) is 5.91 Å². The van der Waals surface area contributed by atoms with Crippen molar-refractivity contribution >= 4 is 11.6 Å². The molecule has 0 spiro atoms. The smallest absolute Gasteiger partial charge is 0.251 e. The predicted octanol–water partition coefficient (Wildman–Crippen LogP) is 4.25. The molecule has 2 aromatic carbocycles. The molecule has 0 radical (unpaired) electrons. The first-order valence-corrected chi connectivity index (χ1v) is 7.95. The lowest BCUT2D eigenvalue weighted by molar-refractivity contribution is 0.0953. The van der Waals surface area contributed by atoms with Crippen molar-refractivity contribution in [2.45, 2.75) is 32.6 Å². The summed E-state index contributed by atoms with van der Waals surface area (Å²) >= 11 is 0. The maximum absolute atomic E-state index is 12.2. The highest BCUT2D eigenvalue weighted by molar-refractivity contribution is 5.96. The Balaban J connectivity index is 2.04. The lowest BCUT2D eigenvalue weighted by atomic mass is 10.0. The van der Waals surface area contributed by atoms with E-state index >= 15 is 0 Å². The number of nitrogens with one attached hydrogen (secondary N) is 1. The minimum atomic E-state index is -0.0336. The summed E-state index contributed by atoms with van der Waals surface area (Å²) in [4.78, 5) is 12.2. The number of unbranched alkanes of at least 4 members (excludes halogenated alkanes) is 3. The van der Waals surface area contributed by atoms with Crippen molar-refractivity contribution in [3.8, 4) is 11.1 Å². The molecule has 0 aliphatic heterocycles. The van der Waals surface area contributed by atoms with Gasteiger partial charge < -0.3 is 11.1 Å². The number of carbonyl (C=O) groups is 1. The molecule has 0 unspecified atom stereocenters. The molecule has 0 aliphatic rings. The van der Waals surface area contributed by atoms with Crippen LogP contribution in [0.5, 0.6) is 0 Å². The van der Waals surface area contributed by atoms with E-state index in [0.717, 1.165) is 30.5 Å². The zero-order valence-electron chi connectivity index (χ0n) is 13.1. The van der Waals surface area contributed by atoms with Crippen molar-refractivity contribution in [1.82, 2.24) is 5.32 Å². The molecule has 2 rings (SSSR count). The lowest BCUT2D eigenvalue weighted by Crippen LogP contribution is -2.24. The van der Waals surface area contributed by atoms with Crippen LogP contribution in [0.2, 0.25) is 0 Å². The van der Waals surface area contributed by atoms with Crippen LogP contribution in [-0.2, 0) is 0 Å². The highest BCUT2D eigenvalue weighted by Gasteiger charge is 2.09. The molecule has 1 amide bonds. The van der Waals surface area contributed by atoms with Crippen LogP contribution in [-0.4, -0.2) is 12.5 Å². The van der Waals surface area contributed by atoms with Crippen LogP contribution in [0.3, 0.4) is 0 Å². The average molecular weight is 296 g/mol. The summed E-state index contributed by atoms with van der Waals surface area (Å²) in [6, 6.07) is 15.3. The molecule has 0 saturated carbocycles. The molecule has 0 heterocycles. The monoisotopic (exact) mass is 296 g/mol. The molecule has 0 atom stereocenters. The van der Waals surface area contributed by atoms with E-state index in [4.69, 9.17) is 5.73 Å². The summed E-state index contributed by atoms with van der Waals surface area (Å²) < 4.78 is 0. The van der Waals surface area contributed by atoms with Gasteiger partial charge >= 0.3 is 0 Å². The van der Waals surface area contributed by atoms with E-state index in [9.17, 15) is 4.79 Å². The molecule has 2 aromatic rings. The predicted molar refractivity (Wildman–Crippen MR) is 92.8 cm³/mol. The molecule has 0 fully saturated rings. The fourth-order valence-electron chi connectivity index (χ4n) is 2.42. The van der Waals surface area contributed by atoms with Gasteiger partial charge in [-0.1, -0.05) is 56.5 Å². The first-order valence-electron chi connectivity index (χ1n) is 7.95. The van der Waals surface area contributed by atoms with Crippen molar-refractivity contribution in [2.24, 2.45) is 0 Å². The van der Waals surface area contributed by atoms with Crippen LogP contribution >= 0.6 is 0 Å². The summed E-state index contributed by atoms with van der Waals surface area (Å²) in [6.45, 7) is 2.90. The van der Waals surface area contributed by atoms with Crippen molar-refractivity contribution in [3.63, 3.8) is 0 Å². The Kier molecular flexibility index (Phi) is 6.01. The van der Waals surface area contributed by atoms with Crippen LogP contribution in [0.1, 0.15) is 43.0 Å². The van der Waals surface area contributed by atoms with Gasteiger partial charge in [-0.05, 0) is 30.2 Å². The molecule has 3 heteroatoms. The maximum atomic E-state index is 12.2. The second-order valence-electron chi connectivity index (χ2n) is 5.48. The Labute approximate surface area is 132 Å². The molecule has 0 aliphatic carbocycles. The molecule has 0 aromatic heterocycles. The number of amides is 1. The number of hydrogen-bond acceptors (Lipinski definition) is 2. The summed E-state index contributed by atoms with van der Waals surface area (Å²) in [7, 11) is 0. The van der Waals surface area contributed by atoms with Gasteiger partial charge in [-0.2, -0.15) is 0 Å². The van der Waals surface area contributed by atoms with Gasteiger partial charge in [0.15, 0.2) is 0 Å². The van der Waals surface area contributed by atoms with Crippen LogP contribution in [0.4, 0.5) is 5.69 Å². The maximum Gasteiger partial charge on any atom is 0.251 e. The van der Waals surface area contributed by atoms with Crippen LogP contribution < -0.4 is 11.1 Å². The minimum absolute atomic E-state index is 0.0336. The first kappa shape index (κ1) is 16.1. The van der Waals surface area contributed by atoms with E-state index in [0.29, 0.717) is 11.3 Å². The van der Waals surface area contributed by atoms with Crippen molar-refractivity contribution in [1.29, 1.82) is 0 Å². The summed E-state index contributed by atoms with van der Waals surface area (Å²) in [5.41, 5.74) is 9.31. The van der Waals surface area contributed by atoms with Crippen LogP contribution in [0.15, 0.2) is 48.5 Å². The summed E-state index contributed by atoms with van der Waals surface area (Å²) in [5.74, 6) is -0.0336. The zero-order valence-corrected chi connectivity index (χ0v) is 13.1. The van der Waals surface area contributed by atoms with Gasteiger partial charge in [-0.3, -0.25) is 4.79 Å². The number of hydrogen-bond donors (Lipinski definition) is 2. The molecular weight excluding hydrogens is 272 g/mol. The number of benzene rings is 2. The van der Waals surface area contributed by atoms with Gasteiger partial charge in [0.05, 0.1) is 0 Å². The highest BCUT2D eigenvalue weighted by Crippen LogP contribution is 2.26. The minimum Gasteiger partial charge on any atom is -0.398 e. The van der Waals surface area contributed by atoms with Gasteiger partial charge in [0.2, 0.25) is 0 Å². The Morgan fingerprint density at radius 2 is 1.82 bits per heavy atom. The van der Waals surface area contributed by atoms with Crippen molar-refractivity contribution < 1.29 is 4.79 Å². The second-order valence-corrected chi connectivity index (χ2v) is 5.48. The third-order valence-electron chi connectivity index (χ3n) is 3.72. The van der Waals surface area contributed by atoms with E-state index in [-0.39, 0.29) is 5.91 Å². The molecule has 3 nitrogen and oxygen atoms in total. The highest BCUT2D eigenvalue weighted by atomic mass is 16.1. The first-order chi connectivity index (χ1) is 10.7. The zero-order chi connectivity index (χ0) is 15.8. The average Bonchev–Trinajstić information content (AvgIpc) is 2.55. The molecule has 3 N–H and O–H groups in total. The van der Waals surface area contributed by atoms with E-state index in [1.165, 1.54) is 12.8 Å². The molecule has 22 heavy (non-hydrogen) atoms. The third kappa shape index (κ3) is 4.35. The van der Waals surface area contributed by atoms with E-state index in [1.807, 2.05) is 36.4 Å². The van der Waals surface area contributed by atoms with Gasteiger partial charge in [0.1, 0.15) is 0 Å². The fraction of sp³-hybridized carbons (Fsp3) is 0.316. The molecule has 0 saturated heterocycles. The number of carbonyl (C=O) groups excluding carboxylic acids is 1. The summed E-state index contributed by atoms with van der Waals surface area (Å²) in [5, 5.41) is 2.98. The van der Waals surface area contributed by atoms with E-state index in [2.05, 4.69) is 12.2 Å². The number of rotatable bonds is 7. The van der Waals surface area contributed by atoms with Crippen molar-refractivity contribution in [2.75, 3.05) is 12.3 Å². The normalized spacial score (nSPS) is 10.4. The number of anilines is 1. The van der Waals surface area contributed by atoms with E-state index < -0.39 is 0 Å². The Bertz CT molecular complexity index is 608. The topological polar surface area (TPSA) is 55.1 Å². The Morgan fingerprint density at radius 3 is 2.55 bits per heavy atom.